The standard InChI is InChI=1S/C71H43N/c1-2-14-44(15-3-1)45-30-32-46(33-31-45)47-36-38-51(39-37-47)72(52-40-41-56-55-21-6-9-29-64(55)71(65(56)43-52)62-27-7-4-19-53(62)54-20-5-8-28-63(54)71)66-42-50-18-12-24-58-57-22-10-16-48-34-35-49-17-11-23-59(68(49)67(48)57)60-25-13-26-61(66)70(60)69(50)58/h1-43H. The maximum Gasteiger partial charge on any atom is 0.0726 e. The van der Waals surface area contributed by atoms with Gasteiger partial charge in [-0.05, 0) is 151 Å². The molecule has 0 saturated carbocycles. The molecule has 1 nitrogen and oxygen atoms in total. The molecule has 0 aliphatic heterocycles. The molecule has 72 heavy (non-hydrogen) atoms. The van der Waals surface area contributed by atoms with Gasteiger partial charge in [0.1, 0.15) is 0 Å². The fraction of sp³-hybridized carbons (Fsp3) is 0.0141. The van der Waals surface area contributed by atoms with Crippen LogP contribution in [-0.2, 0) is 5.41 Å². The molecular formula is C71H43N. The van der Waals surface area contributed by atoms with E-state index in [1.165, 1.54) is 131 Å². The van der Waals surface area contributed by atoms with Crippen LogP contribution in [0.5, 0.6) is 0 Å². The Morgan fingerprint density at radius 3 is 1.19 bits per heavy atom. The second-order valence-corrected chi connectivity index (χ2v) is 19.8. The minimum Gasteiger partial charge on any atom is -0.310 e. The molecule has 0 aromatic heterocycles. The first-order valence-electron chi connectivity index (χ1n) is 25.2. The quantitative estimate of drug-likeness (QED) is 0.156. The summed E-state index contributed by atoms with van der Waals surface area (Å²) in [6, 6.07) is 98.2. The van der Waals surface area contributed by atoms with Gasteiger partial charge in [0.05, 0.1) is 11.1 Å². The van der Waals surface area contributed by atoms with Gasteiger partial charge in [-0.25, -0.2) is 0 Å². The van der Waals surface area contributed by atoms with Crippen molar-refractivity contribution < 1.29 is 0 Å². The van der Waals surface area contributed by atoms with E-state index >= 15 is 0 Å². The van der Waals surface area contributed by atoms with Crippen LogP contribution in [0.25, 0.3) is 109 Å². The molecule has 0 radical (unpaired) electrons. The predicted molar refractivity (Wildman–Crippen MR) is 305 cm³/mol. The first-order chi connectivity index (χ1) is 35.7. The summed E-state index contributed by atoms with van der Waals surface area (Å²) in [6.07, 6.45) is 0. The van der Waals surface area contributed by atoms with Crippen LogP contribution in [0.2, 0.25) is 0 Å². The molecule has 2 aliphatic rings. The van der Waals surface area contributed by atoms with Crippen molar-refractivity contribution in [1.82, 2.24) is 0 Å². The Kier molecular flexibility index (Phi) is 8.16. The molecule has 0 heterocycles. The summed E-state index contributed by atoms with van der Waals surface area (Å²) < 4.78 is 0. The highest BCUT2D eigenvalue weighted by Gasteiger charge is 2.51. The molecule has 0 atom stereocenters. The Morgan fingerprint density at radius 2 is 0.639 bits per heavy atom. The minimum atomic E-state index is -0.478. The van der Waals surface area contributed by atoms with Crippen LogP contribution in [0.3, 0.4) is 0 Å². The summed E-state index contributed by atoms with van der Waals surface area (Å²) in [6.45, 7) is 0. The summed E-state index contributed by atoms with van der Waals surface area (Å²) in [5, 5.41) is 15.3. The smallest absolute Gasteiger partial charge is 0.0726 e. The van der Waals surface area contributed by atoms with Gasteiger partial charge >= 0.3 is 0 Å². The van der Waals surface area contributed by atoms with Crippen LogP contribution >= 0.6 is 0 Å². The van der Waals surface area contributed by atoms with Gasteiger partial charge in [0.2, 0.25) is 0 Å². The molecule has 0 bridgehead atoms. The average molecular weight is 910 g/mol. The average Bonchev–Trinajstić information content (AvgIpc) is 3.92. The Hall–Kier alpha value is -9.30. The SMILES string of the molecule is c1ccc(-c2ccc(-c3ccc(N(c4ccc5c(c4)C4(c6ccccc6-c6ccccc64)c4ccccc4-5)c4cc5cccc6c7cccc8ccc9cccc(c%10cccc4c%10c56)c9c87)cc3)cc2)cc1. The van der Waals surface area contributed by atoms with E-state index in [1.54, 1.807) is 0 Å². The second kappa shape index (κ2) is 14.9. The second-order valence-electron chi connectivity index (χ2n) is 19.8. The van der Waals surface area contributed by atoms with Crippen LogP contribution < -0.4 is 4.90 Å². The van der Waals surface area contributed by atoms with E-state index in [9.17, 15) is 0 Å². The molecule has 14 aromatic carbocycles. The molecule has 16 rings (SSSR count). The van der Waals surface area contributed by atoms with E-state index in [-0.39, 0.29) is 0 Å². The highest BCUT2D eigenvalue weighted by atomic mass is 15.1. The van der Waals surface area contributed by atoms with E-state index in [0.717, 1.165) is 17.1 Å². The summed E-state index contributed by atoms with van der Waals surface area (Å²) in [7, 11) is 0. The first kappa shape index (κ1) is 39.5. The number of benzene rings is 13. The van der Waals surface area contributed by atoms with Crippen LogP contribution in [0, 0.1) is 0 Å². The Balaban J connectivity index is 0.985. The van der Waals surface area contributed by atoms with Crippen LogP contribution in [0.4, 0.5) is 17.1 Å². The van der Waals surface area contributed by atoms with E-state index < -0.39 is 5.41 Å². The van der Waals surface area contributed by atoms with E-state index in [1.807, 2.05) is 0 Å². The summed E-state index contributed by atoms with van der Waals surface area (Å²) in [5.74, 6) is 0. The molecule has 0 N–H and O–H groups in total. The van der Waals surface area contributed by atoms with Gasteiger partial charge in [-0.3, -0.25) is 0 Å². The zero-order chi connectivity index (χ0) is 47.1. The van der Waals surface area contributed by atoms with Crippen molar-refractivity contribution in [2.45, 2.75) is 5.41 Å². The van der Waals surface area contributed by atoms with Crippen molar-refractivity contribution in [2.24, 2.45) is 0 Å². The summed E-state index contributed by atoms with van der Waals surface area (Å²) in [5.41, 5.74) is 18.2. The number of fused-ring (bicyclic) bond motifs is 12. The van der Waals surface area contributed by atoms with Crippen LogP contribution in [0.1, 0.15) is 22.3 Å². The molecule has 2 aliphatic carbocycles. The maximum atomic E-state index is 2.55. The molecule has 332 valence electrons. The number of nitrogens with zero attached hydrogens (tertiary/aromatic N) is 1. The lowest BCUT2D eigenvalue weighted by molar-refractivity contribution is 0.793. The van der Waals surface area contributed by atoms with Gasteiger partial charge in [-0.1, -0.05) is 231 Å². The number of rotatable bonds is 5. The van der Waals surface area contributed by atoms with Gasteiger partial charge in [-0.15, -0.1) is 0 Å². The summed E-state index contributed by atoms with van der Waals surface area (Å²) in [4.78, 5) is 2.55. The third-order valence-corrected chi connectivity index (χ3v) is 16.4. The third-order valence-electron chi connectivity index (χ3n) is 16.4. The van der Waals surface area contributed by atoms with E-state index in [2.05, 4.69) is 266 Å². The Bertz CT molecular complexity index is 4480. The molecule has 14 aromatic rings. The van der Waals surface area contributed by atoms with E-state index in [0.29, 0.717) is 0 Å². The molecule has 0 unspecified atom stereocenters. The zero-order valence-corrected chi connectivity index (χ0v) is 39.3. The molecule has 0 saturated heterocycles. The zero-order valence-electron chi connectivity index (χ0n) is 39.3. The van der Waals surface area contributed by atoms with Gasteiger partial charge in [0.25, 0.3) is 0 Å². The Morgan fingerprint density at radius 1 is 0.236 bits per heavy atom. The normalized spacial score (nSPS) is 13.1. The lowest BCUT2D eigenvalue weighted by Crippen LogP contribution is -2.26. The van der Waals surface area contributed by atoms with Gasteiger partial charge in [-0.2, -0.15) is 0 Å². The fourth-order valence-electron chi connectivity index (χ4n) is 13.4. The first-order valence-corrected chi connectivity index (χ1v) is 25.2. The van der Waals surface area contributed by atoms with Crippen molar-refractivity contribution in [3.8, 4) is 44.5 Å². The number of hydrogen-bond donors (Lipinski definition) is 0. The maximum absolute atomic E-state index is 2.55. The minimum absolute atomic E-state index is 0.478. The molecular weight excluding hydrogens is 867 g/mol. The molecule has 0 fully saturated rings. The van der Waals surface area contributed by atoms with Crippen molar-refractivity contribution in [1.29, 1.82) is 0 Å². The van der Waals surface area contributed by atoms with Gasteiger partial charge in [0.15, 0.2) is 0 Å². The van der Waals surface area contributed by atoms with Gasteiger partial charge in [0, 0.05) is 22.1 Å². The lowest BCUT2D eigenvalue weighted by Gasteiger charge is -2.32. The van der Waals surface area contributed by atoms with Crippen molar-refractivity contribution in [3.05, 3.63) is 283 Å². The van der Waals surface area contributed by atoms with Crippen molar-refractivity contribution in [3.63, 3.8) is 0 Å². The van der Waals surface area contributed by atoms with E-state index in [4.69, 9.17) is 0 Å². The Labute approximate surface area is 417 Å². The topological polar surface area (TPSA) is 3.24 Å². The van der Waals surface area contributed by atoms with Crippen molar-refractivity contribution in [2.75, 3.05) is 4.90 Å². The summed E-state index contributed by atoms with van der Waals surface area (Å²) >= 11 is 0. The third kappa shape index (κ3) is 5.32. The lowest BCUT2D eigenvalue weighted by atomic mass is 9.70. The molecule has 1 spiro atoms. The monoisotopic (exact) mass is 909 g/mol. The molecule has 1 heteroatoms. The van der Waals surface area contributed by atoms with Crippen LogP contribution in [-0.4, -0.2) is 0 Å². The predicted octanol–water partition coefficient (Wildman–Crippen LogP) is 19.2. The van der Waals surface area contributed by atoms with Gasteiger partial charge < -0.3 is 4.90 Å². The fourth-order valence-corrected chi connectivity index (χ4v) is 13.4. The molecule has 0 amide bonds. The van der Waals surface area contributed by atoms with Crippen LogP contribution in [0.15, 0.2) is 261 Å². The van der Waals surface area contributed by atoms with Crippen molar-refractivity contribution >= 4 is 81.7 Å². The number of hydrogen-bond acceptors (Lipinski definition) is 1. The highest BCUT2D eigenvalue weighted by molar-refractivity contribution is 6.38. The largest absolute Gasteiger partial charge is 0.310 e. The number of anilines is 3. The highest BCUT2D eigenvalue weighted by Crippen LogP contribution is 2.63.